The van der Waals surface area contributed by atoms with Gasteiger partial charge in [-0.05, 0) is 79.3 Å². The van der Waals surface area contributed by atoms with Crippen LogP contribution in [0.15, 0.2) is 77.7 Å². The first kappa shape index (κ1) is 26.5. The standard InChI is InChI=1S/C30H27N3O4S3/c1-18-11-16-22-26(17-18)39-30(27(22)29-31-24-9-5-6-10-25(24)38-29)32-28(34)21-7-3-4-8-23(21)33-40(35,36)20-14-12-19(37-2)13-15-20/h3-10,12-15,18,33H,11,16-17H2,1-2H3,(H,32,34). The summed E-state index contributed by atoms with van der Waals surface area (Å²) in [7, 11) is -2.42. The Kier molecular flexibility index (Phi) is 7.07. The van der Waals surface area contributed by atoms with Gasteiger partial charge in [0.05, 0.1) is 33.5 Å². The molecule has 3 aromatic carbocycles. The average molecular weight is 590 g/mol. The number of ether oxygens (including phenoxy) is 1. The second kappa shape index (κ2) is 10.7. The number of hydrogen-bond acceptors (Lipinski definition) is 7. The SMILES string of the molecule is COc1ccc(S(=O)(=O)Nc2ccccc2C(=O)Nc2sc3c(c2-c2nc4ccccc4s2)CCC(C)C3)cc1. The Morgan fingerprint density at radius 2 is 1.75 bits per heavy atom. The van der Waals surface area contributed by atoms with Crippen molar-refractivity contribution >= 4 is 59.5 Å². The molecule has 0 fully saturated rings. The average Bonchev–Trinajstić information content (AvgIpc) is 3.53. The van der Waals surface area contributed by atoms with Crippen LogP contribution >= 0.6 is 22.7 Å². The van der Waals surface area contributed by atoms with Gasteiger partial charge in [-0.25, -0.2) is 13.4 Å². The van der Waals surface area contributed by atoms with Gasteiger partial charge in [-0.3, -0.25) is 9.52 Å². The van der Waals surface area contributed by atoms with Crippen molar-refractivity contribution in [2.75, 3.05) is 17.1 Å². The van der Waals surface area contributed by atoms with Crippen LogP contribution in [0.3, 0.4) is 0 Å². The van der Waals surface area contributed by atoms with Crippen LogP contribution in [-0.2, 0) is 22.9 Å². The Labute approximate surface area is 240 Å². The molecule has 40 heavy (non-hydrogen) atoms. The van der Waals surface area contributed by atoms with E-state index in [1.807, 2.05) is 18.2 Å². The van der Waals surface area contributed by atoms with Gasteiger partial charge in [-0.15, -0.1) is 22.7 Å². The highest BCUT2D eigenvalue weighted by Crippen LogP contribution is 2.47. The summed E-state index contributed by atoms with van der Waals surface area (Å²) in [5.74, 6) is 0.740. The lowest BCUT2D eigenvalue weighted by Gasteiger charge is -2.18. The van der Waals surface area contributed by atoms with Gasteiger partial charge in [0.25, 0.3) is 15.9 Å². The minimum Gasteiger partial charge on any atom is -0.497 e. The van der Waals surface area contributed by atoms with Crippen LogP contribution in [0.2, 0.25) is 0 Å². The van der Waals surface area contributed by atoms with Gasteiger partial charge in [-0.2, -0.15) is 0 Å². The number of thiophene rings is 1. The van der Waals surface area contributed by atoms with Crippen LogP contribution in [-0.4, -0.2) is 26.4 Å². The van der Waals surface area contributed by atoms with E-state index in [9.17, 15) is 13.2 Å². The number of para-hydroxylation sites is 2. The number of aromatic nitrogens is 1. The van der Waals surface area contributed by atoms with Gasteiger partial charge in [0.15, 0.2) is 0 Å². The molecule has 0 aliphatic heterocycles. The third-order valence-electron chi connectivity index (χ3n) is 7.03. The number of rotatable bonds is 7. The maximum absolute atomic E-state index is 13.7. The van der Waals surface area contributed by atoms with Crippen molar-refractivity contribution in [3.63, 3.8) is 0 Å². The number of carbonyl (C=O) groups is 1. The van der Waals surface area contributed by atoms with Crippen LogP contribution in [0, 0.1) is 5.92 Å². The van der Waals surface area contributed by atoms with E-state index in [1.165, 1.54) is 29.7 Å². The predicted molar refractivity (Wildman–Crippen MR) is 162 cm³/mol. The minimum absolute atomic E-state index is 0.0710. The molecule has 0 radical (unpaired) electrons. The highest BCUT2D eigenvalue weighted by molar-refractivity contribution is 7.92. The van der Waals surface area contributed by atoms with E-state index in [-0.39, 0.29) is 22.1 Å². The largest absolute Gasteiger partial charge is 0.497 e. The smallest absolute Gasteiger partial charge is 0.261 e. The highest BCUT2D eigenvalue weighted by Gasteiger charge is 2.28. The van der Waals surface area contributed by atoms with Crippen molar-refractivity contribution in [1.82, 2.24) is 4.98 Å². The number of carbonyl (C=O) groups excluding carboxylic acids is 1. The number of anilines is 2. The summed E-state index contributed by atoms with van der Waals surface area (Å²) < 4.78 is 35.1. The molecule has 1 aliphatic rings. The van der Waals surface area contributed by atoms with E-state index in [0.29, 0.717) is 11.7 Å². The Bertz CT molecular complexity index is 1790. The maximum atomic E-state index is 13.7. The van der Waals surface area contributed by atoms with Crippen LogP contribution in [0.25, 0.3) is 20.8 Å². The summed E-state index contributed by atoms with van der Waals surface area (Å²) in [6.45, 7) is 2.25. The number of nitrogens with one attached hydrogen (secondary N) is 2. The first-order valence-corrected chi connectivity index (χ1v) is 16.0. The van der Waals surface area contributed by atoms with E-state index >= 15 is 0 Å². The number of sulfonamides is 1. The molecule has 204 valence electrons. The van der Waals surface area contributed by atoms with E-state index in [2.05, 4.69) is 23.0 Å². The van der Waals surface area contributed by atoms with E-state index in [4.69, 9.17) is 9.72 Å². The fraction of sp³-hybridized carbons (Fsp3) is 0.200. The molecule has 10 heteroatoms. The van der Waals surface area contributed by atoms with Crippen LogP contribution < -0.4 is 14.8 Å². The summed E-state index contributed by atoms with van der Waals surface area (Å²) in [6, 6.07) is 20.7. The van der Waals surface area contributed by atoms with E-state index < -0.39 is 10.0 Å². The van der Waals surface area contributed by atoms with Crippen molar-refractivity contribution < 1.29 is 17.9 Å². The molecule has 7 nitrogen and oxygen atoms in total. The molecule has 0 bridgehead atoms. The molecule has 5 aromatic rings. The van der Waals surface area contributed by atoms with Gasteiger partial charge < -0.3 is 10.1 Å². The second-order valence-electron chi connectivity index (χ2n) is 9.82. The minimum atomic E-state index is -3.93. The number of methoxy groups -OCH3 is 1. The summed E-state index contributed by atoms with van der Waals surface area (Å²) in [5.41, 5.74) is 3.60. The zero-order valence-corrected chi connectivity index (χ0v) is 24.4. The van der Waals surface area contributed by atoms with Crippen LogP contribution in [0.4, 0.5) is 10.7 Å². The van der Waals surface area contributed by atoms with Crippen LogP contribution in [0.5, 0.6) is 5.75 Å². The third kappa shape index (κ3) is 5.10. The predicted octanol–water partition coefficient (Wildman–Crippen LogP) is 7.21. The quantitative estimate of drug-likeness (QED) is 0.209. The molecule has 1 amide bonds. The maximum Gasteiger partial charge on any atom is 0.261 e. The fourth-order valence-electron chi connectivity index (χ4n) is 4.94. The molecule has 0 saturated heterocycles. The normalized spacial score (nSPS) is 15.0. The number of hydrogen-bond donors (Lipinski definition) is 2. The zero-order valence-electron chi connectivity index (χ0n) is 21.9. The van der Waals surface area contributed by atoms with Crippen molar-refractivity contribution in [2.24, 2.45) is 5.92 Å². The Hall–Kier alpha value is -3.73. The summed E-state index contributed by atoms with van der Waals surface area (Å²) in [6.07, 6.45) is 2.99. The molecule has 0 spiro atoms. The Morgan fingerprint density at radius 1 is 1.00 bits per heavy atom. The van der Waals surface area contributed by atoms with Crippen molar-refractivity contribution in [3.8, 4) is 16.3 Å². The van der Waals surface area contributed by atoms with Crippen molar-refractivity contribution in [1.29, 1.82) is 0 Å². The molecule has 2 N–H and O–H groups in total. The number of fused-ring (bicyclic) bond motifs is 2. The highest BCUT2D eigenvalue weighted by atomic mass is 32.2. The number of benzene rings is 3. The number of thiazole rings is 1. The van der Waals surface area contributed by atoms with Gasteiger partial charge in [0, 0.05) is 10.4 Å². The van der Waals surface area contributed by atoms with Gasteiger partial charge >= 0.3 is 0 Å². The Morgan fingerprint density at radius 3 is 2.52 bits per heavy atom. The van der Waals surface area contributed by atoms with E-state index in [1.54, 1.807) is 59.1 Å². The van der Waals surface area contributed by atoms with Crippen molar-refractivity contribution in [2.45, 2.75) is 31.1 Å². The lowest BCUT2D eigenvalue weighted by molar-refractivity contribution is 0.102. The molecule has 6 rings (SSSR count). The van der Waals surface area contributed by atoms with E-state index in [0.717, 1.165) is 45.1 Å². The molecule has 1 atom stereocenters. The van der Waals surface area contributed by atoms with Crippen molar-refractivity contribution in [3.05, 3.63) is 88.8 Å². The zero-order chi connectivity index (χ0) is 27.9. The number of nitrogens with zero attached hydrogens (tertiary/aromatic N) is 1. The first-order valence-electron chi connectivity index (χ1n) is 12.9. The molecule has 0 saturated carbocycles. The molecular formula is C30H27N3O4S3. The molecule has 2 heterocycles. The molecular weight excluding hydrogens is 563 g/mol. The summed E-state index contributed by atoms with van der Waals surface area (Å²) >= 11 is 3.22. The second-order valence-corrected chi connectivity index (χ2v) is 13.6. The van der Waals surface area contributed by atoms with Gasteiger partial charge in [-0.1, -0.05) is 31.2 Å². The molecule has 1 unspecified atom stereocenters. The van der Waals surface area contributed by atoms with Gasteiger partial charge in [0.2, 0.25) is 0 Å². The Balaban J connectivity index is 1.34. The van der Waals surface area contributed by atoms with Gasteiger partial charge in [0.1, 0.15) is 15.8 Å². The third-order valence-corrected chi connectivity index (χ3v) is 10.6. The topological polar surface area (TPSA) is 97.4 Å². The lowest BCUT2D eigenvalue weighted by atomic mass is 9.88. The summed E-state index contributed by atoms with van der Waals surface area (Å²) in [4.78, 5) is 20.0. The first-order chi connectivity index (χ1) is 19.3. The summed E-state index contributed by atoms with van der Waals surface area (Å²) in [5, 5.41) is 4.75. The lowest BCUT2D eigenvalue weighted by Crippen LogP contribution is -2.18. The monoisotopic (exact) mass is 589 g/mol. The molecule has 2 aromatic heterocycles. The fourth-order valence-corrected chi connectivity index (χ4v) is 8.54. The molecule has 1 aliphatic carbocycles. The number of amides is 1. The van der Waals surface area contributed by atoms with Crippen LogP contribution in [0.1, 0.15) is 34.1 Å².